The first-order valence-corrected chi connectivity index (χ1v) is 14.8. The van der Waals surface area contributed by atoms with Crippen LogP contribution in [0.15, 0.2) is 108 Å². The highest BCUT2D eigenvalue weighted by atomic mass is 35.5. The quantitative estimate of drug-likeness (QED) is 0.229. The number of nitrogens with zero attached hydrogens (tertiary/aromatic N) is 2. The molecule has 0 saturated heterocycles. The second kappa shape index (κ2) is 13.8. The Morgan fingerprint density at radius 1 is 0.929 bits per heavy atom. The Hall–Kier alpha value is -3.98. The van der Waals surface area contributed by atoms with Crippen molar-refractivity contribution in [2.75, 3.05) is 25.0 Å². The predicted molar refractivity (Wildman–Crippen MR) is 165 cm³/mol. The largest absolute Gasteiger partial charge is 0.489 e. The summed E-state index contributed by atoms with van der Waals surface area (Å²) in [5.74, 6) is 0.235. The number of rotatable bonds is 9. The molecule has 0 radical (unpaired) electrons. The Kier molecular flexibility index (Phi) is 9.69. The van der Waals surface area contributed by atoms with Gasteiger partial charge in [0.25, 0.3) is 5.91 Å². The number of aliphatic hydroxyl groups is 1. The predicted octanol–water partition coefficient (Wildman–Crippen LogP) is 6.73. The maximum atomic E-state index is 13.7. The van der Waals surface area contributed by atoms with Crippen LogP contribution in [0.3, 0.4) is 0 Å². The van der Waals surface area contributed by atoms with Crippen LogP contribution in [-0.2, 0) is 22.7 Å². The molecule has 1 aliphatic heterocycles. The number of carbonyl (C=O) groups excluding carboxylic acids is 2. The summed E-state index contributed by atoms with van der Waals surface area (Å²) in [6, 6.07) is 32.0. The number of ether oxygens (including phenoxy) is 2. The van der Waals surface area contributed by atoms with Crippen LogP contribution in [0.2, 0.25) is 5.02 Å². The van der Waals surface area contributed by atoms with E-state index in [1.54, 1.807) is 25.2 Å². The van der Waals surface area contributed by atoms with E-state index >= 15 is 0 Å². The molecule has 0 aromatic heterocycles. The molecule has 1 heterocycles. The van der Waals surface area contributed by atoms with Crippen LogP contribution < -0.4 is 9.64 Å². The van der Waals surface area contributed by atoms with Crippen molar-refractivity contribution in [1.29, 1.82) is 0 Å². The van der Waals surface area contributed by atoms with Crippen molar-refractivity contribution in [1.82, 2.24) is 4.90 Å². The first-order valence-electron chi connectivity index (χ1n) is 13.5. The van der Waals surface area contributed by atoms with Crippen molar-refractivity contribution in [3.05, 3.63) is 125 Å². The number of hydrogen-bond acceptors (Lipinski definition) is 6. The number of amides is 2. The molecule has 2 atom stereocenters. The first kappa shape index (κ1) is 29.5. The first-order chi connectivity index (χ1) is 20.4. The van der Waals surface area contributed by atoms with Crippen molar-refractivity contribution in [2.45, 2.75) is 29.5 Å². The summed E-state index contributed by atoms with van der Waals surface area (Å²) in [5.41, 5.74) is 3.35. The van der Waals surface area contributed by atoms with Crippen LogP contribution >= 0.6 is 23.4 Å². The molecule has 0 unspecified atom stereocenters. The SMILES string of the molecule is CN(CCN1C(=O)[C@H](O)[C@H](c2ccc(OCc3ccccc3)cc2)Sc2cc(Cl)ccc21)C(=O)OCc1ccccc1. The fourth-order valence-corrected chi connectivity index (χ4v) is 6.10. The lowest BCUT2D eigenvalue weighted by molar-refractivity contribution is -0.126. The van der Waals surface area contributed by atoms with Gasteiger partial charge in [-0.3, -0.25) is 4.79 Å². The van der Waals surface area contributed by atoms with Crippen LogP contribution in [0.5, 0.6) is 5.75 Å². The summed E-state index contributed by atoms with van der Waals surface area (Å²) in [4.78, 5) is 30.0. The smallest absolute Gasteiger partial charge is 0.409 e. The Bertz CT molecular complexity index is 1500. The van der Waals surface area contributed by atoms with Crippen molar-refractivity contribution in [3.63, 3.8) is 0 Å². The number of thioether (sulfide) groups is 1. The van der Waals surface area contributed by atoms with Gasteiger partial charge in [0.2, 0.25) is 0 Å². The maximum absolute atomic E-state index is 13.7. The topological polar surface area (TPSA) is 79.3 Å². The fourth-order valence-electron chi connectivity index (χ4n) is 4.56. The van der Waals surface area contributed by atoms with Gasteiger partial charge in [-0.1, -0.05) is 84.4 Å². The lowest BCUT2D eigenvalue weighted by atomic mass is 10.1. The third kappa shape index (κ3) is 7.26. The number of aliphatic hydroxyl groups excluding tert-OH is 1. The van der Waals surface area contributed by atoms with Gasteiger partial charge < -0.3 is 24.4 Å². The highest BCUT2D eigenvalue weighted by Crippen LogP contribution is 2.46. The second-order valence-electron chi connectivity index (χ2n) is 9.89. The monoisotopic (exact) mass is 602 g/mol. The number of likely N-dealkylation sites (N-methyl/N-ethyl adjacent to an activating group) is 1. The molecule has 9 heteroatoms. The van der Waals surface area contributed by atoms with Crippen molar-refractivity contribution in [2.24, 2.45) is 0 Å². The number of fused-ring (bicyclic) bond motifs is 1. The zero-order chi connectivity index (χ0) is 29.5. The zero-order valence-corrected chi connectivity index (χ0v) is 24.6. The van der Waals surface area contributed by atoms with Crippen LogP contribution in [0.4, 0.5) is 10.5 Å². The highest BCUT2D eigenvalue weighted by Gasteiger charge is 2.37. The Morgan fingerprint density at radius 3 is 2.24 bits per heavy atom. The molecule has 1 aliphatic rings. The second-order valence-corrected chi connectivity index (χ2v) is 11.5. The van der Waals surface area contributed by atoms with Gasteiger partial charge in [-0.15, -0.1) is 11.8 Å². The van der Waals surface area contributed by atoms with Crippen LogP contribution in [0.1, 0.15) is 21.9 Å². The molecular weight excluding hydrogens is 572 g/mol. The molecule has 0 aliphatic carbocycles. The average molecular weight is 603 g/mol. The molecule has 7 nitrogen and oxygen atoms in total. The third-order valence-electron chi connectivity index (χ3n) is 6.91. The maximum Gasteiger partial charge on any atom is 0.409 e. The third-order valence-corrected chi connectivity index (χ3v) is 8.51. The van der Waals surface area contributed by atoms with Gasteiger partial charge in [0.15, 0.2) is 0 Å². The van der Waals surface area contributed by atoms with Gasteiger partial charge in [-0.25, -0.2) is 4.79 Å². The molecule has 4 aromatic carbocycles. The van der Waals surface area contributed by atoms with E-state index < -0.39 is 23.4 Å². The molecule has 5 rings (SSSR count). The summed E-state index contributed by atoms with van der Waals surface area (Å²) in [6.07, 6.45) is -1.83. The van der Waals surface area contributed by atoms with Crippen molar-refractivity contribution in [3.8, 4) is 5.75 Å². The number of anilines is 1. The normalized spacial score (nSPS) is 16.4. The summed E-state index contributed by atoms with van der Waals surface area (Å²) < 4.78 is 11.3. The van der Waals surface area contributed by atoms with Crippen LogP contribution in [-0.4, -0.2) is 48.2 Å². The van der Waals surface area contributed by atoms with Crippen molar-refractivity contribution < 1.29 is 24.2 Å². The van der Waals surface area contributed by atoms with Gasteiger partial charge in [-0.05, 0) is 47.0 Å². The highest BCUT2D eigenvalue weighted by molar-refractivity contribution is 7.99. The summed E-state index contributed by atoms with van der Waals surface area (Å²) >= 11 is 7.72. The van der Waals surface area contributed by atoms with E-state index in [-0.39, 0.29) is 19.7 Å². The fraction of sp³-hybridized carbons (Fsp3) is 0.212. The van der Waals surface area contributed by atoms with Gasteiger partial charge in [0, 0.05) is 30.1 Å². The Labute approximate surface area is 254 Å². The van der Waals surface area contributed by atoms with E-state index in [2.05, 4.69) is 0 Å². The van der Waals surface area contributed by atoms with Gasteiger partial charge in [-0.2, -0.15) is 0 Å². The number of hydrogen-bond donors (Lipinski definition) is 1. The van der Waals surface area contributed by atoms with E-state index in [4.69, 9.17) is 21.1 Å². The minimum absolute atomic E-state index is 0.154. The Balaban J connectivity index is 1.28. The number of halogens is 1. The van der Waals surface area contributed by atoms with Gasteiger partial charge in [0.05, 0.1) is 10.9 Å². The molecule has 0 spiro atoms. The molecule has 4 aromatic rings. The van der Waals surface area contributed by atoms with E-state index in [0.717, 1.165) is 21.6 Å². The van der Waals surface area contributed by atoms with Gasteiger partial charge in [0.1, 0.15) is 25.1 Å². The Morgan fingerprint density at radius 2 is 1.57 bits per heavy atom. The summed E-state index contributed by atoms with van der Waals surface area (Å²) in [5, 5.41) is 11.3. The molecular formula is C33H31ClN2O5S. The molecule has 42 heavy (non-hydrogen) atoms. The number of benzene rings is 4. The van der Waals surface area contributed by atoms with E-state index in [9.17, 15) is 14.7 Å². The lowest BCUT2D eigenvalue weighted by Crippen LogP contribution is -2.44. The molecule has 2 amide bonds. The lowest BCUT2D eigenvalue weighted by Gasteiger charge is -2.27. The van der Waals surface area contributed by atoms with Crippen molar-refractivity contribution >= 4 is 41.1 Å². The summed E-state index contributed by atoms with van der Waals surface area (Å²) in [7, 11) is 1.62. The van der Waals surface area contributed by atoms with Gasteiger partial charge >= 0.3 is 6.09 Å². The molecule has 1 N–H and O–H groups in total. The summed E-state index contributed by atoms with van der Waals surface area (Å²) in [6.45, 7) is 0.966. The van der Waals surface area contributed by atoms with E-state index in [1.165, 1.54) is 21.6 Å². The zero-order valence-electron chi connectivity index (χ0n) is 23.1. The standard InChI is InChI=1S/C33H31ClN2O5S/c1-35(33(39)41-22-24-10-6-3-7-11-24)18-19-36-28-17-14-26(34)20-29(28)42-31(30(37)32(36)38)25-12-15-27(16-13-25)40-21-23-8-4-2-5-9-23/h2-17,20,30-31,37H,18-19,21-22H2,1H3/t30-,31+/m1/s1. The van der Waals surface area contributed by atoms with E-state index in [0.29, 0.717) is 23.1 Å². The minimum Gasteiger partial charge on any atom is -0.489 e. The minimum atomic E-state index is -1.33. The average Bonchev–Trinajstić information content (AvgIpc) is 3.12. The molecule has 0 bridgehead atoms. The molecule has 216 valence electrons. The molecule has 0 fully saturated rings. The van der Waals surface area contributed by atoms with Crippen LogP contribution in [0, 0.1) is 0 Å². The molecule has 0 saturated carbocycles. The van der Waals surface area contributed by atoms with Crippen LogP contribution in [0.25, 0.3) is 0 Å². The number of carbonyl (C=O) groups is 2. The van der Waals surface area contributed by atoms with E-state index in [1.807, 2.05) is 84.9 Å².